The largest absolute Gasteiger partial charge is 0.372 e. The van der Waals surface area contributed by atoms with Gasteiger partial charge in [0.05, 0.1) is 6.54 Å². The van der Waals surface area contributed by atoms with Crippen LogP contribution >= 0.6 is 0 Å². The zero-order valence-corrected chi connectivity index (χ0v) is 10.8. The van der Waals surface area contributed by atoms with Gasteiger partial charge >= 0.3 is 0 Å². The maximum atomic E-state index is 4.58. The lowest BCUT2D eigenvalue weighted by atomic mass is 9.92. The van der Waals surface area contributed by atoms with E-state index in [0.717, 1.165) is 31.3 Å². The number of nitrogens with one attached hydrogen (secondary N) is 1. The van der Waals surface area contributed by atoms with Crippen molar-refractivity contribution in [2.24, 2.45) is 4.99 Å². The van der Waals surface area contributed by atoms with Crippen LogP contribution in [0, 0.1) is 0 Å². The Morgan fingerprint density at radius 3 is 2.22 bits per heavy atom. The highest BCUT2D eigenvalue weighted by atomic mass is 15.1. The van der Waals surface area contributed by atoms with Gasteiger partial charge in [0.1, 0.15) is 5.84 Å². The van der Waals surface area contributed by atoms with E-state index < -0.39 is 0 Å². The third-order valence-corrected chi connectivity index (χ3v) is 4.37. The van der Waals surface area contributed by atoms with Gasteiger partial charge < -0.3 is 5.32 Å². The van der Waals surface area contributed by atoms with Crippen molar-refractivity contribution in [1.82, 2.24) is 5.32 Å². The average molecular weight is 240 g/mol. The molecule has 0 atom stereocenters. The summed E-state index contributed by atoms with van der Waals surface area (Å²) in [5.41, 5.74) is 4.85. The summed E-state index contributed by atoms with van der Waals surface area (Å²) in [6.07, 6.45) is 6.60. The average Bonchev–Trinajstić information content (AvgIpc) is 3.30. The van der Waals surface area contributed by atoms with Crippen LogP contribution in [-0.4, -0.2) is 18.9 Å². The van der Waals surface area contributed by atoms with E-state index in [9.17, 15) is 0 Å². The molecule has 1 aromatic carbocycles. The molecule has 0 bridgehead atoms. The summed E-state index contributed by atoms with van der Waals surface area (Å²) in [6.45, 7) is 1.99. The normalized spacial score (nSPS) is 22.8. The summed E-state index contributed by atoms with van der Waals surface area (Å²) in [4.78, 5) is 4.58. The van der Waals surface area contributed by atoms with Crippen LogP contribution in [0.25, 0.3) is 0 Å². The Morgan fingerprint density at radius 1 is 1.06 bits per heavy atom. The van der Waals surface area contributed by atoms with Gasteiger partial charge in [0.15, 0.2) is 0 Å². The van der Waals surface area contributed by atoms with Crippen molar-refractivity contribution >= 4 is 5.84 Å². The summed E-state index contributed by atoms with van der Waals surface area (Å²) < 4.78 is 0. The van der Waals surface area contributed by atoms with Crippen LogP contribution in [0.4, 0.5) is 0 Å². The molecule has 0 spiro atoms. The molecule has 1 heterocycles. The fourth-order valence-corrected chi connectivity index (χ4v) is 3.11. The first kappa shape index (κ1) is 10.6. The Hall–Kier alpha value is -1.31. The SMILES string of the molecule is c1cc(C2CC2)c(CC2=NCCN2)c(C2CC2)c1. The van der Waals surface area contributed by atoms with Gasteiger partial charge in [0.2, 0.25) is 0 Å². The number of amidine groups is 1. The van der Waals surface area contributed by atoms with Crippen LogP contribution in [0.15, 0.2) is 23.2 Å². The van der Waals surface area contributed by atoms with E-state index >= 15 is 0 Å². The van der Waals surface area contributed by atoms with Crippen LogP contribution in [0.2, 0.25) is 0 Å². The molecule has 2 saturated carbocycles. The molecule has 2 nitrogen and oxygen atoms in total. The van der Waals surface area contributed by atoms with Crippen molar-refractivity contribution in [2.45, 2.75) is 43.9 Å². The number of rotatable bonds is 4. The van der Waals surface area contributed by atoms with Gasteiger partial charge in [0, 0.05) is 13.0 Å². The van der Waals surface area contributed by atoms with Crippen molar-refractivity contribution in [1.29, 1.82) is 0 Å². The molecule has 2 heteroatoms. The zero-order chi connectivity index (χ0) is 11.9. The van der Waals surface area contributed by atoms with Crippen molar-refractivity contribution in [3.8, 4) is 0 Å². The molecule has 18 heavy (non-hydrogen) atoms. The van der Waals surface area contributed by atoms with Gasteiger partial charge in [-0.3, -0.25) is 4.99 Å². The lowest BCUT2D eigenvalue weighted by Crippen LogP contribution is -2.21. The second-order valence-corrected chi connectivity index (χ2v) is 5.90. The second kappa shape index (κ2) is 4.11. The summed E-state index contributed by atoms with van der Waals surface area (Å²) >= 11 is 0. The van der Waals surface area contributed by atoms with E-state index in [1.165, 1.54) is 31.5 Å². The smallest absolute Gasteiger partial charge is 0.101 e. The molecule has 1 aliphatic heterocycles. The Bertz CT molecular complexity index is 466. The third-order valence-electron chi connectivity index (χ3n) is 4.37. The summed E-state index contributed by atoms with van der Waals surface area (Å²) in [7, 11) is 0. The molecule has 3 aliphatic rings. The van der Waals surface area contributed by atoms with Crippen LogP contribution < -0.4 is 5.32 Å². The number of hydrogen-bond acceptors (Lipinski definition) is 2. The highest BCUT2D eigenvalue weighted by Gasteiger charge is 2.32. The van der Waals surface area contributed by atoms with E-state index in [1.807, 2.05) is 0 Å². The van der Waals surface area contributed by atoms with Crippen molar-refractivity contribution in [3.63, 3.8) is 0 Å². The first-order chi connectivity index (χ1) is 8.92. The van der Waals surface area contributed by atoms with Crippen LogP contribution in [0.1, 0.15) is 54.2 Å². The molecule has 2 fully saturated rings. The molecule has 0 amide bonds. The summed E-state index contributed by atoms with van der Waals surface area (Å²) in [5.74, 6) is 2.91. The molecule has 1 aromatic rings. The predicted molar refractivity (Wildman–Crippen MR) is 74.4 cm³/mol. The van der Waals surface area contributed by atoms with Crippen LogP contribution in [0.3, 0.4) is 0 Å². The van der Waals surface area contributed by atoms with Gasteiger partial charge in [-0.2, -0.15) is 0 Å². The van der Waals surface area contributed by atoms with Gasteiger partial charge in [-0.15, -0.1) is 0 Å². The maximum absolute atomic E-state index is 4.58. The molecule has 0 saturated heterocycles. The second-order valence-electron chi connectivity index (χ2n) is 5.90. The number of hydrogen-bond donors (Lipinski definition) is 1. The minimum atomic E-state index is 0.848. The molecular formula is C16H20N2. The van der Waals surface area contributed by atoms with E-state index in [-0.39, 0.29) is 0 Å². The van der Waals surface area contributed by atoms with E-state index in [4.69, 9.17) is 0 Å². The van der Waals surface area contributed by atoms with E-state index in [0.29, 0.717) is 0 Å². The number of benzene rings is 1. The molecule has 94 valence electrons. The number of aliphatic imine (C=N–C) groups is 1. The van der Waals surface area contributed by atoms with E-state index in [2.05, 4.69) is 28.5 Å². The highest BCUT2D eigenvalue weighted by Crippen LogP contribution is 2.47. The Labute approximate surface area is 109 Å². The van der Waals surface area contributed by atoms with Crippen molar-refractivity contribution < 1.29 is 0 Å². The zero-order valence-electron chi connectivity index (χ0n) is 10.8. The topological polar surface area (TPSA) is 24.4 Å². The molecule has 0 radical (unpaired) electrons. The molecule has 0 aromatic heterocycles. The molecular weight excluding hydrogens is 220 g/mol. The molecule has 0 unspecified atom stereocenters. The fourth-order valence-electron chi connectivity index (χ4n) is 3.11. The molecule has 2 aliphatic carbocycles. The van der Waals surface area contributed by atoms with Gasteiger partial charge in [-0.05, 0) is 54.2 Å². The first-order valence-electron chi connectivity index (χ1n) is 7.30. The summed E-state index contributed by atoms with van der Waals surface area (Å²) in [5, 5.41) is 3.43. The quantitative estimate of drug-likeness (QED) is 0.859. The maximum Gasteiger partial charge on any atom is 0.101 e. The molecule has 4 rings (SSSR count). The Morgan fingerprint density at radius 2 is 1.72 bits per heavy atom. The third kappa shape index (κ3) is 1.94. The standard InChI is InChI=1S/C16H20N2/c1-2-13(11-4-5-11)15(10-16-17-8-9-18-16)14(3-1)12-6-7-12/h1-3,11-12H,4-10H2,(H,17,18). The van der Waals surface area contributed by atoms with Crippen LogP contribution in [-0.2, 0) is 6.42 Å². The Balaban J connectivity index is 1.71. The van der Waals surface area contributed by atoms with Crippen LogP contribution in [0.5, 0.6) is 0 Å². The lowest BCUT2D eigenvalue weighted by Gasteiger charge is -2.14. The molecule has 1 N–H and O–H groups in total. The van der Waals surface area contributed by atoms with Gasteiger partial charge in [-0.25, -0.2) is 0 Å². The van der Waals surface area contributed by atoms with Gasteiger partial charge in [-0.1, -0.05) is 18.2 Å². The van der Waals surface area contributed by atoms with E-state index in [1.54, 1.807) is 16.7 Å². The highest BCUT2D eigenvalue weighted by molar-refractivity contribution is 5.86. The van der Waals surface area contributed by atoms with Crippen molar-refractivity contribution in [3.05, 3.63) is 34.9 Å². The van der Waals surface area contributed by atoms with Gasteiger partial charge in [0.25, 0.3) is 0 Å². The Kier molecular flexibility index (Phi) is 2.42. The predicted octanol–water partition coefficient (Wildman–Crippen LogP) is 2.99. The number of nitrogens with zero attached hydrogens (tertiary/aromatic N) is 1. The minimum absolute atomic E-state index is 0.848. The van der Waals surface area contributed by atoms with Crippen molar-refractivity contribution in [2.75, 3.05) is 13.1 Å². The monoisotopic (exact) mass is 240 g/mol. The summed E-state index contributed by atoms with van der Waals surface area (Å²) in [6, 6.07) is 6.98. The minimum Gasteiger partial charge on any atom is -0.372 e. The fraction of sp³-hybridized carbons (Fsp3) is 0.562. The lowest BCUT2D eigenvalue weighted by molar-refractivity contribution is 0.946. The first-order valence-corrected chi connectivity index (χ1v) is 7.30.